The smallest absolute Gasteiger partial charge is 0.337 e. The second-order valence-electron chi connectivity index (χ2n) is 9.82. The van der Waals surface area contributed by atoms with Gasteiger partial charge in [0.25, 0.3) is 0 Å². The van der Waals surface area contributed by atoms with E-state index in [-0.39, 0.29) is 0 Å². The van der Waals surface area contributed by atoms with Crippen molar-refractivity contribution in [3.05, 3.63) is 52.2 Å². The van der Waals surface area contributed by atoms with E-state index < -0.39 is 17.7 Å². The van der Waals surface area contributed by atoms with Crippen molar-refractivity contribution in [3.63, 3.8) is 0 Å². The highest BCUT2D eigenvalue weighted by atomic mass is 32.1. The van der Waals surface area contributed by atoms with Crippen molar-refractivity contribution >= 4 is 38.4 Å². The fourth-order valence-electron chi connectivity index (χ4n) is 4.78. The van der Waals surface area contributed by atoms with Gasteiger partial charge < -0.3 is 19.9 Å². The maximum Gasteiger partial charge on any atom is 0.337 e. The Morgan fingerprint density at radius 3 is 2.83 bits per heavy atom. The van der Waals surface area contributed by atoms with E-state index in [1.807, 2.05) is 65.2 Å². The number of nitrogens with one attached hydrogen (secondary N) is 1. The number of nitrogens with zero attached hydrogens (tertiary/aromatic N) is 2. The van der Waals surface area contributed by atoms with E-state index in [4.69, 9.17) is 19.4 Å². The van der Waals surface area contributed by atoms with Gasteiger partial charge in [0.15, 0.2) is 6.10 Å². The molecule has 0 fully saturated rings. The summed E-state index contributed by atoms with van der Waals surface area (Å²) in [5.41, 5.74) is 5.31. The van der Waals surface area contributed by atoms with Crippen LogP contribution in [0.3, 0.4) is 0 Å². The Morgan fingerprint density at radius 2 is 2.11 bits per heavy atom. The lowest BCUT2D eigenvalue weighted by Gasteiger charge is -2.28. The first-order valence-corrected chi connectivity index (χ1v) is 12.5. The Morgan fingerprint density at radius 1 is 1.31 bits per heavy atom. The number of aromatic nitrogens is 2. The Balaban J connectivity index is 1.89. The highest BCUT2D eigenvalue weighted by molar-refractivity contribution is 7.19. The molecule has 2 aromatic heterocycles. The van der Waals surface area contributed by atoms with Crippen LogP contribution in [0.25, 0.3) is 32.2 Å². The molecule has 5 rings (SSSR count). The van der Waals surface area contributed by atoms with Crippen LogP contribution in [0.15, 0.2) is 30.5 Å². The zero-order chi connectivity index (χ0) is 24.9. The number of fused-ring (bicyclic) bond motifs is 1. The average molecular weight is 492 g/mol. The van der Waals surface area contributed by atoms with Gasteiger partial charge in [0.1, 0.15) is 10.8 Å². The third-order valence-corrected chi connectivity index (χ3v) is 7.19. The molecule has 2 aromatic carbocycles. The molecule has 3 heterocycles. The second kappa shape index (κ2) is 8.86. The van der Waals surface area contributed by atoms with E-state index in [1.54, 1.807) is 11.3 Å². The van der Waals surface area contributed by atoms with Gasteiger partial charge in [-0.1, -0.05) is 0 Å². The minimum Gasteiger partial charge on any atom is -0.493 e. The number of carboxylic acids is 1. The molecular weight excluding hydrogens is 462 g/mol. The molecule has 0 bridgehead atoms. The van der Waals surface area contributed by atoms with Crippen molar-refractivity contribution in [2.24, 2.45) is 0 Å². The molecule has 0 amide bonds. The summed E-state index contributed by atoms with van der Waals surface area (Å²) in [5.74, 6) is -0.216. The van der Waals surface area contributed by atoms with Gasteiger partial charge in [0.05, 0.1) is 27.9 Å². The molecule has 0 spiro atoms. The summed E-state index contributed by atoms with van der Waals surface area (Å²) in [6.45, 7) is 8.80. The van der Waals surface area contributed by atoms with Crippen LogP contribution in [0.2, 0.25) is 0 Å². The number of aryl methyl sites for hydroxylation is 1. The molecule has 0 saturated carbocycles. The highest BCUT2D eigenvalue weighted by Gasteiger charge is 2.33. The zero-order valence-corrected chi connectivity index (χ0v) is 21.4. The number of ether oxygens (including phenoxy) is 2. The van der Waals surface area contributed by atoms with Crippen LogP contribution in [0.4, 0.5) is 0 Å². The third-order valence-electron chi connectivity index (χ3n) is 6.10. The number of aliphatic carboxylic acids is 1. The normalized spacial score (nSPS) is 14.3. The molecule has 0 saturated heterocycles. The van der Waals surface area contributed by atoms with E-state index in [1.165, 1.54) is 5.56 Å². The molecule has 1 unspecified atom stereocenters. The summed E-state index contributed by atoms with van der Waals surface area (Å²) < 4.78 is 13.0. The van der Waals surface area contributed by atoms with Crippen LogP contribution in [-0.4, -0.2) is 40.3 Å². The van der Waals surface area contributed by atoms with Crippen LogP contribution >= 0.6 is 11.3 Å². The summed E-state index contributed by atoms with van der Waals surface area (Å²) in [4.78, 5) is 22.2. The topological polar surface area (TPSA) is 93.6 Å². The molecule has 0 aliphatic carbocycles. The minimum absolute atomic E-state index is 0.629. The molecule has 1 aliphatic heterocycles. The van der Waals surface area contributed by atoms with Crippen molar-refractivity contribution in [2.45, 2.75) is 52.4 Å². The minimum atomic E-state index is -1.15. The molecule has 4 aromatic rings. The van der Waals surface area contributed by atoms with E-state index in [9.17, 15) is 9.90 Å². The van der Waals surface area contributed by atoms with Gasteiger partial charge in [-0.05, 0) is 70.1 Å². The maximum atomic E-state index is 12.6. The van der Waals surface area contributed by atoms with Crippen LogP contribution in [0.5, 0.6) is 5.75 Å². The van der Waals surface area contributed by atoms with E-state index >= 15 is 0 Å². The van der Waals surface area contributed by atoms with E-state index in [0.717, 1.165) is 55.0 Å². The van der Waals surface area contributed by atoms with Crippen LogP contribution < -0.4 is 10.1 Å². The molecule has 7 nitrogen and oxygen atoms in total. The number of hydrogen-bond acceptors (Lipinski definition) is 7. The number of carbonyl (C=O) groups is 1. The van der Waals surface area contributed by atoms with E-state index in [2.05, 4.69) is 5.32 Å². The van der Waals surface area contributed by atoms with Crippen molar-refractivity contribution < 1.29 is 19.4 Å². The predicted molar refractivity (Wildman–Crippen MR) is 138 cm³/mol. The Bertz CT molecular complexity index is 1440. The molecule has 35 heavy (non-hydrogen) atoms. The van der Waals surface area contributed by atoms with Gasteiger partial charge in [0.2, 0.25) is 0 Å². The monoisotopic (exact) mass is 491 g/mol. The van der Waals surface area contributed by atoms with Gasteiger partial charge in [-0.3, -0.25) is 4.98 Å². The SMILES string of the molecule is CNCc1nc2cc(C)c(C(OC(C)(C)C)C(=O)O)c(-c3ccc4c5c(ccnc35)CCO4)c2s1. The molecule has 1 atom stereocenters. The number of pyridine rings is 1. The summed E-state index contributed by atoms with van der Waals surface area (Å²) in [6.07, 6.45) is 1.48. The van der Waals surface area contributed by atoms with Crippen molar-refractivity contribution in [1.29, 1.82) is 0 Å². The molecule has 1 aliphatic rings. The molecule has 0 radical (unpaired) electrons. The average Bonchev–Trinajstić information content (AvgIpc) is 3.19. The number of hydrogen-bond donors (Lipinski definition) is 2. The second-order valence-corrected chi connectivity index (χ2v) is 10.9. The lowest BCUT2D eigenvalue weighted by atomic mass is 9.89. The predicted octanol–water partition coefficient (Wildman–Crippen LogP) is 5.42. The lowest BCUT2D eigenvalue weighted by Crippen LogP contribution is -2.28. The van der Waals surface area contributed by atoms with Crippen LogP contribution in [-0.2, 0) is 22.5 Å². The highest BCUT2D eigenvalue weighted by Crippen LogP contribution is 2.46. The number of benzene rings is 2. The van der Waals surface area contributed by atoms with Crippen molar-refractivity contribution in [2.75, 3.05) is 13.7 Å². The summed E-state index contributed by atoms with van der Waals surface area (Å²) in [7, 11) is 1.89. The Kier molecular flexibility index (Phi) is 5.99. The molecule has 2 N–H and O–H groups in total. The first kappa shape index (κ1) is 23.7. The first-order valence-electron chi connectivity index (χ1n) is 11.7. The zero-order valence-electron chi connectivity index (χ0n) is 20.6. The third kappa shape index (κ3) is 4.26. The largest absolute Gasteiger partial charge is 0.493 e. The number of carboxylic acid groups (broad SMARTS) is 1. The van der Waals surface area contributed by atoms with Crippen LogP contribution in [0.1, 0.15) is 48.6 Å². The Hall–Kier alpha value is -3.07. The van der Waals surface area contributed by atoms with Crippen molar-refractivity contribution in [1.82, 2.24) is 15.3 Å². The fraction of sp³-hybridized carbons (Fsp3) is 0.370. The molecule has 8 heteroatoms. The molecule has 182 valence electrons. The molecular formula is C27H29N3O4S. The maximum absolute atomic E-state index is 12.6. The van der Waals surface area contributed by atoms with Crippen LogP contribution in [0, 0.1) is 6.92 Å². The van der Waals surface area contributed by atoms with Gasteiger partial charge in [-0.15, -0.1) is 11.3 Å². The van der Waals surface area contributed by atoms with Crippen molar-refractivity contribution in [3.8, 4) is 16.9 Å². The fourth-order valence-corrected chi connectivity index (χ4v) is 5.91. The Labute approximate surface area is 208 Å². The van der Waals surface area contributed by atoms with E-state index in [0.29, 0.717) is 18.7 Å². The lowest BCUT2D eigenvalue weighted by molar-refractivity contribution is -0.160. The summed E-state index contributed by atoms with van der Waals surface area (Å²) >= 11 is 1.57. The van der Waals surface area contributed by atoms with Gasteiger partial charge in [-0.25, -0.2) is 9.78 Å². The number of rotatable bonds is 6. The quantitative estimate of drug-likeness (QED) is 0.372. The standard InChI is InChI=1S/C27H29N3O4S/c1-14-12-17-25(35-19(30-17)13-28-5)22(20(14)24(26(31)32)34-27(2,3)4)16-6-7-18-21-15(9-11-33-18)8-10-29-23(16)21/h6-8,10,12,24,28H,9,11,13H2,1-5H3,(H,31,32). The number of thiazole rings is 1. The summed E-state index contributed by atoms with van der Waals surface area (Å²) in [5, 5.41) is 15.4. The van der Waals surface area contributed by atoms with Gasteiger partial charge in [-0.2, -0.15) is 0 Å². The summed E-state index contributed by atoms with van der Waals surface area (Å²) in [6, 6.07) is 7.96. The van der Waals surface area contributed by atoms with Gasteiger partial charge in [0, 0.05) is 41.2 Å². The van der Waals surface area contributed by atoms with Gasteiger partial charge >= 0.3 is 5.97 Å². The first-order chi connectivity index (χ1) is 16.7.